The molecular formula is C18H20N4OS. The second-order valence-electron chi connectivity index (χ2n) is 6.20. The lowest BCUT2D eigenvalue weighted by molar-refractivity contribution is -0.121. The molecule has 1 aliphatic carbocycles. The van der Waals surface area contributed by atoms with Crippen molar-refractivity contribution >= 4 is 28.6 Å². The van der Waals surface area contributed by atoms with Gasteiger partial charge < -0.3 is 5.32 Å². The third-order valence-corrected chi connectivity index (χ3v) is 5.56. The molecule has 1 amide bonds. The second-order valence-corrected chi connectivity index (χ2v) is 7.53. The van der Waals surface area contributed by atoms with E-state index in [-0.39, 0.29) is 11.2 Å². The SMILES string of the molecule is C[C@@H](Sc1ncnc2ccccc12)C(=O)NC1(C#N)CCCCC1. The van der Waals surface area contributed by atoms with Gasteiger partial charge in [-0.25, -0.2) is 9.97 Å². The summed E-state index contributed by atoms with van der Waals surface area (Å²) in [6, 6.07) is 10.1. The first-order valence-electron chi connectivity index (χ1n) is 8.23. The van der Waals surface area contributed by atoms with Gasteiger partial charge in [0.1, 0.15) is 16.9 Å². The topological polar surface area (TPSA) is 78.7 Å². The van der Waals surface area contributed by atoms with E-state index in [2.05, 4.69) is 21.4 Å². The number of hydrogen-bond acceptors (Lipinski definition) is 5. The zero-order chi connectivity index (χ0) is 17.0. The Hall–Kier alpha value is -2.13. The van der Waals surface area contributed by atoms with Crippen LogP contribution in [0.3, 0.4) is 0 Å². The van der Waals surface area contributed by atoms with Crippen LogP contribution in [0.5, 0.6) is 0 Å². The highest BCUT2D eigenvalue weighted by Crippen LogP contribution is 2.30. The molecule has 1 saturated carbocycles. The first kappa shape index (κ1) is 16.7. The van der Waals surface area contributed by atoms with Crippen LogP contribution >= 0.6 is 11.8 Å². The van der Waals surface area contributed by atoms with Crippen molar-refractivity contribution in [3.05, 3.63) is 30.6 Å². The second kappa shape index (κ2) is 7.18. The molecule has 0 bridgehead atoms. The molecule has 24 heavy (non-hydrogen) atoms. The number of hydrogen-bond donors (Lipinski definition) is 1. The molecule has 1 heterocycles. The lowest BCUT2D eigenvalue weighted by Gasteiger charge is -2.32. The molecule has 1 fully saturated rings. The van der Waals surface area contributed by atoms with Gasteiger partial charge in [-0.2, -0.15) is 5.26 Å². The van der Waals surface area contributed by atoms with Crippen molar-refractivity contribution in [2.24, 2.45) is 0 Å². The molecule has 124 valence electrons. The van der Waals surface area contributed by atoms with Crippen molar-refractivity contribution in [3.8, 4) is 6.07 Å². The van der Waals surface area contributed by atoms with Gasteiger partial charge >= 0.3 is 0 Å². The molecule has 0 saturated heterocycles. The summed E-state index contributed by atoms with van der Waals surface area (Å²) in [6.07, 6.45) is 6.12. The Labute approximate surface area is 145 Å². The number of nitrogens with zero attached hydrogens (tertiary/aromatic N) is 3. The Morgan fingerprint density at radius 3 is 2.79 bits per heavy atom. The summed E-state index contributed by atoms with van der Waals surface area (Å²) in [4.78, 5) is 21.2. The Bertz CT molecular complexity index is 775. The van der Waals surface area contributed by atoms with Crippen molar-refractivity contribution < 1.29 is 4.79 Å². The molecule has 6 heteroatoms. The summed E-state index contributed by atoms with van der Waals surface area (Å²) in [7, 11) is 0. The van der Waals surface area contributed by atoms with Gasteiger partial charge in [0.2, 0.25) is 5.91 Å². The smallest absolute Gasteiger partial charge is 0.234 e. The number of amides is 1. The van der Waals surface area contributed by atoms with E-state index in [9.17, 15) is 10.1 Å². The van der Waals surface area contributed by atoms with Gasteiger partial charge in [-0.05, 0) is 25.8 Å². The van der Waals surface area contributed by atoms with E-state index in [1.54, 1.807) is 0 Å². The zero-order valence-electron chi connectivity index (χ0n) is 13.7. The maximum Gasteiger partial charge on any atom is 0.234 e. The summed E-state index contributed by atoms with van der Waals surface area (Å²) in [5.74, 6) is -0.105. The van der Waals surface area contributed by atoms with Crippen LogP contribution in [0.25, 0.3) is 10.9 Å². The highest BCUT2D eigenvalue weighted by molar-refractivity contribution is 8.00. The predicted molar refractivity (Wildman–Crippen MR) is 94.4 cm³/mol. The van der Waals surface area contributed by atoms with E-state index in [0.29, 0.717) is 0 Å². The Morgan fingerprint density at radius 2 is 2.04 bits per heavy atom. The normalized spacial score (nSPS) is 17.8. The predicted octanol–water partition coefficient (Wildman–Crippen LogP) is 3.45. The molecule has 1 aromatic heterocycles. The minimum atomic E-state index is -0.697. The summed E-state index contributed by atoms with van der Waals surface area (Å²) in [5.41, 5.74) is 0.168. The zero-order valence-corrected chi connectivity index (χ0v) is 14.5. The summed E-state index contributed by atoms with van der Waals surface area (Å²) >= 11 is 1.41. The maximum absolute atomic E-state index is 12.6. The van der Waals surface area contributed by atoms with Gasteiger partial charge in [-0.1, -0.05) is 49.2 Å². The third kappa shape index (κ3) is 3.51. The third-order valence-electron chi connectivity index (χ3n) is 4.45. The largest absolute Gasteiger partial charge is 0.337 e. The Kier molecular flexibility index (Phi) is 5.00. The fourth-order valence-electron chi connectivity index (χ4n) is 3.05. The standard InChI is InChI=1S/C18H20N4OS/c1-13(16(23)22-18(11-19)9-5-2-6-10-18)24-17-14-7-3-4-8-15(14)20-12-21-17/h3-4,7-8,12-13H,2,5-6,9-10H2,1H3,(H,22,23)/t13-/m1/s1. The fraction of sp³-hybridized carbons (Fsp3) is 0.444. The molecule has 2 aromatic rings. The van der Waals surface area contributed by atoms with Crippen LogP contribution in [0.4, 0.5) is 0 Å². The van der Waals surface area contributed by atoms with E-state index in [1.165, 1.54) is 18.1 Å². The summed E-state index contributed by atoms with van der Waals surface area (Å²) in [6.45, 7) is 1.85. The Morgan fingerprint density at radius 1 is 1.29 bits per heavy atom. The number of rotatable bonds is 4. The van der Waals surface area contributed by atoms with Gasteiger partial charge in [0.05, 0.1) is 16.8 Å². The van der Waals surface area contributed by atoms with Gasteiger partial charge in [0.25, 0.3) is 0 Å². The molecule has 0 unspecified atom stereocenters. The molecule has 1 atom stereocenters. The number of carbonyl (C=O) groups excluding carboxylic acids is 1. The number of carbonyl (C=O) groups is 1. The van der Waals surface area contributed by atoms with E-state index in [4.69, 9.17) is 0 Å². The first-order chi connectivity index (χ1) is 11.6. The summed E-state index contributed by atoms with van der Waals surface area (Å²) in [5, 5.41) is 13.9. The fourth-order valence-corrected chi connectivity index (χ4v) is 3.96. The Balaban J connectivity index is 1.73. The van der Waals surface area contributed by atoms with Crippen LogP contribution in [-0.4, -0.2) is 26.7 Å². The van der Waals surface area contributed by atoms with Gasteiger partial charge in [0.15, 0.2) is 0 Å². The molecular weight excluding hydrogens is 320 g/mol. The van der Waals surface area contributed by atoms with Crippen LogP contribution in [0.2, 0.25) is 0 Å². The minimum absolute atomic E-state index is 0.105. The number of benzene rings is 1. The molecule has 1 aliphatic rings. The molecule has 1 aromatic carbocycles. The van der Waals surface area contributed by atoms with E-state index < -0.39 is 5.54 Å². The highest BCUT2D eigenvalue weighted by atomic mass is 32.2. The molecule has 3 rings (SSSR count). The van der Waals surface area contributed by atoms with Crippen molar-refractivity contribution in [3.63, 3.8) is 0 Å². The van der Waals surface area contributed by atoms with Gasteiger partial charge in [-0.15, -0.1) is 0 Å². The number of para-hydroxylation sites is 1. The first-order valence-corrected chi connectivity index (χ1v) is 9.11. The van der Waals surface area contributed by atoms with Crippen molar-refractivity contribution in [1.82, 2.24) is 15.3 Å². The average molecular weight is 340 g/mol. The monoisotopic (exact) mass is 340 g/mol. The molecule has 5 nitrogen and oxygen atoms in total. The van der Waals surface area contributed by atoms with Crippen molar-refractivity contribution in [2.45, 2.75) is 54.8 Å². The lowest BCUT2D eigenvalue weighted by Crippen LogP contribution is -2.50. The van der Waals surface area contributed by atoms with Crippen molar-refractivity contribution in [2.75, 3.05) is 0 Å². The van der Waals surface area contributed by atoms with Crippen LogP contribution in [0, 0.1) is 11.3 Å². The van der Waals surface area contributed by atoms with Gasteiger partial charge in [0, 0.05) is 5.39 Å². The van der Waals surface area contributed by atoms with E-state index in [1.807, 2.05) is 31.2 Å². The summed E-state index contributed by atoms with van der Waals surface area (Å²) < 4.78 is 0. The maximum atomic E-state index is 12.6. The number of nitriles is 1. The lowest BCUT2D eigenvalue weighted by atomic mass is 9.83. The number of aromatic nitrogens is 2. The number of thioether (sulfide) groups is 1. The molecule has 0 spiro atoms. The van der Waals surface area contributed by atoms with Crippen LogP contribution < -0.4 is 5.32 Å². The molecule has 0 radical (unpaired) electrons. The number of fused-ring (bicyclic) bond motifs is 1. The quantitative estimate of drug-likeness (QED) is 0.681. The molecule has 1 N–H and O–H groups in total. The van der Waals surface area contributed by atoms with Gasteiger partial charge in [-0.3, -0.25) is 4.79 Å². The highest BCUT2D eigenvalue weighted by Gasteiger charge is 2.35. The average Bonchev–Trinajstić information content (AvgIpc) is 2.62. The van der Waals surface area contributed by atoms with Crippen LogP contribution in [0.1, 0.15) is 39.0 Å². The minimum Gasteiger partial charge on any atom is -0.337 e. The van der Waals surface area contributed by atoms with Crippen LogP contribution in [-0.2, 0) is 4.79 Å². The van der Waals surface area contributed by atoms with Crippen LogP contribution in [0.15, 0.2) is 35.6 Å². The van der Waals surface area contributed by atoms with E-state index in [0.717, 1.165) is 48.0 Å². The number of nitrogens with one attached hydrogen (secondary N) is 1. The van der Waals surface area contributed by atoms with E-state index >= 15 is 0 Å². The molecule has 0 aliphatic heterocycles. The van der Waals surface area contributed by atoms with Crippen molar-refractivity contribution in [1.29, 1.82) is 5.26 Å².